The van der Waals surface area contributed by atoms with E-state index in [4.69, 9.17) is 14.2 Å². The van der Waals surface area contributed by atoms with Gasteiger partial charge in [-0.3, -0.25) is 4.79 Å². The molecule has 2 heterocycles. The van der Waals surface area contributed by atoms with Gasteiger partial charge in [-0.2, -0.15) is 0 Å². The summed E-state index contributed by atoms with van der Waals surface area (Å²) in [6.07, 6.45) is 4.12. The third-order valence-corrected chi connectivity index (χ3v) is 4.33. The number of rotatable bonds is 7. The average molecular weight is 356 g/mol. The molecular formula is C20H24N2O4. The first kappa shape index (κ1) is 18.2. The highest BCUT2D eigenvalue weighted by Gasteiger charge is 2.16. The Bertz CT molecular complexity index is 712. The van der Waals surface area contributed by atoms with E-state index in [1.165, 1.54) is 0 Å². The van der Waals surface area contributed by atoms with Crippen LogP contribution < -0.4 is 14.8 Å². The first-order valence-corrected chi connectivity index (χ1v) is 8.87. The highest BCUT2D eigenvalue weighted by atomic mass is 16.5. The van der Waals surface area contributed by atoms with Crippen molar-refractivity contribution in [1.82, 2.24) is 10.3 Å². The van der Waals surface area contributed by atoms with Crippen LogP contribution in [0, 0.1) is 0 Å². The lowest BCUT2D eigenvalue weighted by atomic mass is 10.1. The summed E-state index contributed by atoms with van der Waals surface area (Å²) in [6.45, 7) is 1.97. The fourth-order valence-corrected chi connectivity index (χ4v) is 2.87. The van der Waals surface area contributed by atoms with Crippen molar-refractivity contribution in [3.63, 3.8) is 0 Å². The average Bonchev–Trinajstić information content (AvgIpc) is 2.69. The van der Waals surface area contributed by atoms with Gasteiger partial charge in [0.1, 0.15) is 11.9 Å². The van der Waals surface area contributed by atoms with E-state index in [0.717, 1.165) is 37.4 Å². The maximum atomic E-state index is 12.3. The van der Waals surface area contributed by atoms with Crippen LogP contribution in [0.25, 0.3) is 0 Å². The first-order valence-electron chi connectivity index (χ1n) is 8.87. The second-order valence-electron chi connectivity index (χ2n) is 6.13. The molecule has 6 nitrogen and oxygen atoms in total. The van der Waals surface area contributed by atoms with Crippen LogP contribution in [0.5, 0.6) is 11.6 Å². The van der Waals surface area contributed by atoms with Crippen LogP contribution in [-0.2, 0) is 11.2 Å². The van der Waals surface area contributed by atoms with Crippen LogP contribution in [-0.4, -0.2) is 43.9 Å². The van der Waals surface area contributed by atoms with E-state index in [1.807, 2.05) is 24.3 Å². The van der Waals surface area contributed by atoms with Crippen LogP contribution in [0.2, 0.25) is 0 Å². The summed E-state index contributed by atoms with van der Waals surface area (Å²) >= 11 is 0. The number of ether oxygens (including phenoxy) is 3. The SMILES string of the molecule is COc1ccccc1CCNC(=O)c1ccc(OC2CCOCC2)nc1. The molecule has 0 radical (unpaired) electrons. The highest BCUT2D eigenvalue weighted by Crippen LogP contribution is 2.18. The molecule has 1 aliphatic rings. The van der Waals surface area contributed by atoms with E-state index >= 15 is 0 Å². The number of hydrogen-bond acceptors (Lipinski definition) is 5. The molecule has 1 amide bonds. The molecule has 26 heavy (non-hydrogen) atoms. The molecule has 0 bridgehead atoms. The quantitative estimate of drug-likeness (QED) is 0.826. The summed E-state index contributed by atoms with van der Waals surface area (Å²) < 4.78 is 16.4. The van der Waals surface area contributed by atoms with Gasteiger partial charge in [-0.1, -0.05) is 18.2 Å². The molecule has 0 unspecified atom stereocenters. The zero-order chi connectivity index (χ0) is 18.2. The van der Waals surface area contributed by atoms with Gasteiger partial charge in [0.2, 0.25) is 5.88 Å². The minimum Gasteiger partial charge on any atom is -0.496 e. The van der Waals surface area contributed by atoms with Gasteiger partial charge < -0.3 is 19.5 Å². The van der Waals surface area contributed by atoms with E-state index in [-0.39, 0.29) is 12.0 Å². The molecule has 0 aliphatic carbocycles. The minimum atomic E-state index is -0.148. The Hall–Kier alpha value is -2.60. The van der Waals surface area contributed by atoms with Crippen molar-refractivity contribution in [1.29, 1.82) is 0 Å². The standard InChI is InChI=1S/C20H24N2O4/c1-24-18-5-3-2-4-15(18)8-11-21-20(23)16-6-7-19(22-14-16)26-17-9-12-25-13-10-17/h2-7,14,17H,8-13H2,1H3,(H,21,23). The number of benzene rings is 1. The summed E-state index contributed by atoms with van der Waals surface area (Å²) in [5, 5.41) is 2.91. The largest absolute Gasteiger partial charge is 0.496 e. The Labute approximate surface area is 153 Å². The van der Waals surface area contributed by atoms with Crippen LogP contribution >= 0.6 is 0 Å². The zero-order valence-electron chi connectivity index (χ0n) is 14.9. The number of para-hydroxylation sites is 1. The smallest absolute Gasteiger partial charge is 0.252 e. The van der Waals surface area contributed by atoms with E-state index in [1.54, 1.807) is 25.4 Å². The number of carbonyl (C=O) groups excluding carboxylic acids is 1. The van der Waals surface area contributed by atoms with Gasteiger partial charge in [-0.05, 0) is 24.1 Å². The van der Waals surface area contributed by atoms with Crippen LogP contribution in [0.3, 0.4) is 0 Å². The number of carbonyl (C=O) groups is 1. The number of nitrogens with zero attached hydrogens (tertiary/aromatic N) is 1. The molecule has 3 rings (SSSR count). The van der Waals surface area contributed by atoms with Crippen molar-refractivity contribution in [2.24, 2.45) is 0 Å². The van der Waals surface area contributed by atoms with E-state index in [2.05, 4.69) is 10.3 Å². The molecule has 138 valence electrons. The Morgan fingerprint density at radius 3 is 2.77 bits per heavy atom. The molecule has 1 fully saturated rings. The lowest BCUT2D eigenvalue weighted by Crippen LogP contribution is -2.27. The Morgan fingerprint density at radius 2 is 2.04 bits per heavy atom. The van der Waals surface area contributed by atoms with E-state index in [0.29, 0.717) is 24.4 Å². The van der Waals surface area contributed by atoms with Crippen LogP contribution in [0.1, 0.15) is 28.8 Å². The first-order chi connectivity index (χ1) is 12.8. The summed E-state index contributed by atoms with van der Waals surface area (Å²) in [4.78, 5) is 16.5. The highest BCUT2D eigenvalue weighted by molar-refractivity contribution is 5.93. The molecule has 2 aromatic rings. The van der Waals surface area contributed by atoms with Gasteiger partial charge in [0.25, 0.3) is 5.91 Å². The fraction of sp³-hybridized carbons (Fsp3) is 0.400. The van der Waals surface area contributed by atoms with Gasteiger partial charge in [0.05, 0.1) is 25.9 Å². The summed E-state index contributed by atoms with van der Waals surface area (Å²) in [5.74, 6) is 1.23. The van der Waals surface area contributed by atoms with Gasteiger partial charge in [0, 0.05) is 31.6 Å². The third kappa shape index (κ3) is 4.95. The Balaban J connectivity index is 1.48. The molecule has 1 aromatic heterocycles. The monoisotopic (exact) mass is 356 g/mol. The number of nitrogens with one attached hydrogen (secondary N) is 1. The van der Waals surface area contributed by atoms with Gasteiger partial charge in [-0.25, -0.2) is 4.98 Å². The molecule has 0 saturated carbocycles. The number of hydrogen-bond donors (Lipinski definition) is 1. The topological polar surface area (TPSA) is 69.7 Å². The maximum absolute atomic E-state index is 12.3. The van der Waals surface area contributed by atoms with Crippen molar-refractivity contribution >= 4 is 5.91 Å². The Morgan fingerprint density at radius 1 is 1.23 bits per heavy atom. The molecule has 0 atom stereocenters. The predicted molar refractivity (Wildman–Crippen MR) is 97.7 cm³/mol. The second-order valence-corrected chi connectivity index (χ2v) is 6.13. The second kappa shape index (κ2) is 9.20. The maximum Gasteiger partial charge on any atom is 0.252 e. The number of aromatic nitrogens is 1. The van der Waals surface area contributed by atoms with Crippen molar-refractivity contribution < 1.29 is 19.0 Å². The molecule has 1 aromatic carbocycles. The van der Waals surface area contributed by atoms with Gasteiger partial charge in [0.15, 0.2) is 0 Å². The van der Waals surface area contributed by atoms with Crippen LogP contribution in [0.4, 0.5) is 0 Å². The molecule has 6 heteroatoms. The van der Waals surface area contributed by atoms with Crippen molar-refractivity contribution in [2.75, 3.05) is 26.9 Å². The molecular weight excluding hydrogens is 332 g/mol. The fourth-order valence-electron chi connectivity index (χ4n) is 2.87. The van der Waals surface area contributed by atoms with E-state index in [9.17, 15) is 4.79 Å². The predicted octanol–water partition coefficient (Wildman–Crippen LogP) is 2.62. The summed E-state index contributed by atoms with van der Waals surface area (Å²) in [6, 6.07) is 11.3. The van der Waals surface area contributed by atoms with Crippen molar-refractivity contribution in [2.45, 2.75) is 25.4 Å². The van der Waals surface area contributed by atoms with E-state index < -0.39 is 0 Å². The zero-order valence-corrected chi connectivity index (χ0v) is 14.9. The molecule has 1 aliphatic heterocycles. The third-order valence-electron chi connectivity index (χ3n) is 4.33. The summed E-state index contributed by atoms with van der Waals surface area (Å²) in [7, 11) is 1.65. The summed E-state index contributed by atoms with van der Waals surface area (Å²) in [5.41, 5.74) is 1.58. The van der Waals surface area contributed by atoms with Gasteiger partial charge in [-0.15, -0.1) is 0 Å². The molecule has 1 saturated heterocycles. The minimum absolute atomic E-state index is 0.136. The number of methoxy groups -OCH3 is 1. The van der Waals surface area contributed by atoms with Crippen molar-refractivity contribution in [3.05, 3.63) is 53.7 Å². The lowest BCUT2D eigenvalue weighted by Gasteiger charge is -2.22. The lowest BCUT2D eigenvalue weighted by molar-refractivity contribution is 0.0237. The van der Waals surface area contributed by atoms with Gasteiger partial charge >= 0.3 is 0 Å². The van der Waals surface area contributed by atoms with Crippen molar-refractivity contribution in [3.8, 4) is 11.6 Å². The number of amides is 1. The molecule has 0 spiro atoms. The molecule has 1 N–H and O–H groups in total. The number of pyridine rings is 1. The van der Waals surface area contributed by atoms with Crippen LogP contribution in [0.15, 0.2) is 42.6 Å². The normalized spacial score (nSPS) is 14.7. The Kier molecular flexibility index (Phi) is 6.44.